The third-order valence-electron chi connectivity index (χ3n) is 5.24. The Balaban J connectivity index is 1.56. The zero-order chi connectivity index (χ0) is 22.3. The average Bonchev–Trinajstić information content (AvgIpc) is 3.44. The third-order valence-corrected chi connectivity index (χ3v) is 7.28. The number of carbonyl (C=O) groups excluding carboxylic acids is 1. The van der Waals surface area contributed by atoms with Crippen LogP contribution in [-0.2, 0) is 16.4 Å². The molecular weight excluding hydrogens is 434 g/mol. The Morgan fingerprint density at radius 1 is 1.32 bits per heavy atom. The fourth-order valence-corrected chi connectivity index (χ4v) is 5.27. The van der Waals surface area contributed by atoms with E-state index in [4.69, 9.17) is 6.42 Å². The van der Waals surface area contributed by atoms with Crippen LogP contribution in [0.25, 0.3) is 0 Å². The van der Waals surface area contributed by atoms with Crippen LogP contribution in [0.5, 0.6) is 0 Å². The van der Waals surface area contributed by atoms with Crippen molar-refractivity contribution in [2.75, 3.05) is 19.3 Å². The highest BCUT2D eigenvalue weighted by molar-refractivity contribution is 7.98. The van der Waals surface area contributed by atoms with Crippen molar-refractivity contribution in [1.29, 1.82) is 0 Å². The predicted molar refractivity (Wildman–Crippen MR) is 120 cm³/mol. The molecule has 166 valence electrons. The molecule has 1 saturated carbocycles. The zero-order valence-corrected chi connectivity index (χ0v) is 19.1. The number of amides is 1. The van der Waals surface area contributed by atoms with Gasteiger partial charge in [-0.05, 0) is 43.7 Å². The van der Waals surface area contributed by atoms with E-state index in [0.29, 0.717) is 19.0 Å². The third kappa shape index (κ3) is 5.87. The smallest absolute Gasteiger partial charge is 0.251 e. The van der Waals surface area contributed by atoms with E-state index in [1.165, 1.54) is 31.0 Å². The van der Waals surface area contributed by atoms with E-state index in [1.807, 2.05) is 6.26 Å². The summed E-state index contributed by atoms with van der Waals surface area (Å²) < 4.78 is 28.9. The highest BCUT2D eigenvalue weighted by Crippen LogP contribution is 2.33. The topological polar surface area (TPSA) is 106 Å². The van der Waals surface area contributed by atoms with Gasteiger partial charge in [-0.1, -0.05) is 36.6 Å². The number of nitrogens with zero attached hydrogens (tertiary/aromatic N) is 3. The lowest BCUT2D eigenvalue weighted by atomic mass is 10.2. The monoisotopic (exact) mass is 461 g/mol. The Hall–Kier alpha value is -2.35. The molecule has 3 rings (SSSR count). The summed E-state index contributed by atoms with van der Waals surface area (Å²) in [5.41, 5.74) is 0.280. The Morgan fingerprint density at radius 3 is 2.81 bits per heavy atom. The molecule has 8 nitrogen and oxygen atoms in total. The minimum absolute atomic E-state index is 0.00432. The molecule has 1 amide bonds. The molecule has 1 aliphatic carbocycles. The number of hydrogen-bond donors (Lipinski definition) is 2. The highest BCUT2D eigenvalue weighted by atomic mass is 32.2. The van der Waals surface area contributed by atoms with Gasteiger partial charge in [0.2, 0.25) is 10.0 Å². The van der Waals surface area contributed by atoms with Crippen molar-refractivity contribution >= 4 is 27.7 Å². The normalized spacial score (nSPS) is 14.5. The summed E-state index contributed by atoms with van der Waals surface area (Å²) in [6.07, 6.45) is 13.3. The SMILES string of the molecule is C#CCNS(=O)(=O)c1cccc(C(=O)NCCCc2nnc(SC)n2C2CCCC2)c1. The number of nitrogens with one attached hydrogen (secondary N) is 2. The van der Waals surface area contributed by atoms with Crippen molar-refractivity contribution < 1.29 is 13.2 Å². The summed E-state index contributed by atoms with van der Waals surface area (Å²) in [4.78, 5) is 12.5. The number of aryl methyl sites for hydroxylation is 1. The van der Waals surface area contributed by atoms with Crippen molar-refractivity contribution in [3.8, 4) is 12.3 Å². The zero-order valence-electron chi connectivity index (χ0n) is 17.5. The number of rotatable bonds is 10. The lowest BCUT2D eigenvalue weighted by Crippen LogP contribution is -2.27. The Labute approximate surface area is 187 Å². The molecule has 0 spiro atoms. The van der Waals surface area contributed by atoms with E-state index in [9.17, 15) is 13.2 Å². The Kier molecular flexibility index (Phi) is 8.12. The van der Waals surface area contributed by atoms with Gasteiger partial charge in [-0.3, -0.25) is 4.79 Å². The molecule has 1 fully saturated rings. The molecule has 2 N–H and O–H groups in total. The predicted octanol–water partition coefficient (Wildman–Crippen LogP) is 2.39. The van der Waals surface area contributed by atoms with E-state index < -0.39 is 10.0 Å². The summed E-state index contributed by atoms with van der Waals surface area (Å²) >= 11 is 1.61. The van der Waals surface area contributed by atoms with Crippen LogP contribution < -0.4 is 10.0 Å². The summed E-state index contributed by atoms with van der Waals surface area (Å²) in [6.45, 7) is 0.347. The van der Waals surface area contributed by atoms with Gasteiger partial charge in [-0.2, -0.15) is 4.72 Å². The lowest BCUT2D eigenvalue weighted by Gasteiger charge is -2.16. The Morgan fingerprint density at radius 2 is 2.10 bits per heavy atom. The van der Waals surface area contributed by atoms with E-state index in [2.05, 4.69) is 30.7 Å². The van der Waals surface area contributed by atoms with E-state index >= 15 is 0 Å². The van der Waals surface area contributed by atoms with Crippen LogP contribution in [0.1, 0.15) is 54.3 Å². The average molecular weight is 462 g/mol. The number of aromatic nitrogens is 3. The minimum Gasteiger partial charge on any atom is -0.352 e. The molecule has 0 saturated heterocycles. The van der Waals surface area contributed by atoms with Gasteiger partial charge in [-0.25, -0.2) is 8.42 Å². The molecule has 1 aromatic heterocycles. The van der Waals surface area contributed by atoms with Crippen molar-refractivity contribution in [2.24, 2.45) is 0 Å². The fraction of sp³-hybridized carbons (Fsp3) is 0.476. The molecule has 0 unspecified atom stereocenters. The summed E-state index contributed by atoms with van der Waals surface area (Å²) in [5.74, 6) is 2.86. The van der Waals surface area contributed by atoms with Gasteiger partial charge < -0.3 is 9.88 Å². The first-order valence-electron chi connectivity index (χ1n) is 10.3. The quantitative estimate of drug-likeness (QED) is 0.320. The van der Waals surface area contributed by atoms with Crippen molar-refractivity contribution in [2.45, 2.75) is 54.6 Å². The fourth-order valence-electron chi connectivity index (χ4n) is 3.72. The molecule has 31 heavy (non-hydrogen) atoms. The van der Waals surface area contributed by atoms with Crippen LogP contribution in [0.15, 0.2) is 34.3 Å². The first-order chi connectivity index (χ1) is 15.0. The van der Waals surface area contributed by atoms with E-state index in [-0.39, 0.29) is 22.9 Å². The number of sulfonamides is 1. The van der Waals surface area contributed by atoms with Crippen molar-refractivity contribution in [3.05, 3.63) is 35.7 Å². The molecule has 10 heteroatoms. The summed E-state index contributed by atoms with van der Waals surface area (Å²) in [5, 5.41) is 12.5. The van der Waals surface area contributed by atoms with E-state index in [1.54, 1.807) is 17.8 Å². The second kappa shape index (κ2) is 10.8. The first kappa shape index (κ1) is 23.3. The molecule has 0 aliphatic heterocycles. The molecule has 1 aliphatic rings. The van der Waals surface area contributed by atoms with Gasteiger partial charge in [0.25, 0.3) is 5.91 Å². The minimum atomic E-state index is -3.75. The van der Waals surface area contributed by atoms with Crippen LogP contribution in [0, 0.1) is 12.3 Å². The maximum atomic E-state index is 12.5. The molecular formula is C21H27N5O3S2. The molecule has 0 bridgehead atoms. The van der Waals surface area contributed by atoms with Crippen molar-refractivity contribution in [3.63, 3.8) is 0 Å². The number of carbonyl (C=O) groups is 1. The van der Waals surface area contributed by atoms with Gasteiger partial charge in [0.15, 0.2) is 5.16 Å². The standard InChI is InChI=1S/C21H27N5O3S2/c1-3-13-23-31(28,29)18-11-6-8-16(15-18)20(27)22-14-7-12-19-24-25-21(30-2)26(19)17-9-4-5-10-17/h1,6,8,11,15,17,23H,4-5,7,9-10,12-14H2,2H3,(H,22,27). The summed E-state index contributed by atoms with van der Waals surface area (Å²) in [6, 6.07) is 6.35. The van der Waals surface area contributed by atoms with Gasteiger partial charge >= 0.3 is 0 Å². The second-order valence-corrected chi connectivity index (χ2v) is 9.87. The van der Waals surface area contributed by atoms with Crippen LogP contribution in [0.4, 0.5) is 0 Å². The van der Waals surface area contributed by atoms with Crippen LogP contribution in [-0.4, -0.2) is 48.4 Å². The van der Waals surface area contributed by atoms with Crippen LogP contribution >= 0.6 is 11.8 Å². The van der Waals surface area contributed by atoms with Gasteiger partial charge in [0.05, 0.1) is 11.4 Å². The molecule has 1 aromatic carbocycles. The number of thioether (sulfide) groups is 1. The maximum absolute atomic E-state index is 12.5. The molecule has 1 heterocycles. The lowest BCUT2D eigenvalue weighted by molar-refractivity contribution is 0.0953. The molecule has 0 atom stereocenters. The van der Waals surface area contributed by atoms with Gasteiger partial charge in [0.1, 0.15) is 5.82 Å². The Bertz CT molecular complexity index is 1050. The number of terminal acetylenes is 1. The molecule has 2 aromatic rings. The van der Waals surface area contributed by atoms with Crippen LogP contribution in [0.2, 0.25) is 0 Å². The van der Waals surface area contributed by atoms with Gasteiger partial charge in [-0.15, -0.1) is 16.6 Å². The summed E-state index contributed by atoms with van der Waals surface area (Å²) in [7, 11) is -3.75. The second-order valence-electron chi connectivity index (χ2n) is 7.33. The van der Waals surface area contributed by atoms with Gasteiger partial charge in [0, 0.05) is 24.6 Å². The maximum Gasteiger partial charge on any atom is 0.251 e. The number of hydrogen-bond acceptors (Lipinski definition) is 6. The van der Waals surface area contributed by atoms with Crippen LogP contribution in [0.3, 0.4) is 0 Å². The first-order valence-corrected chi connectivity index (χ1v) is 13.0. The molecule has 0 radical (unpaired) electrons. The highest BCUT2D eigenvalue weighted by Gasteiger charge is 2.23. The largest absolute Gasteiger partial charge is 0.352 e. The van der Waals surface area contributed by atoms with Crippen molar-refractivity contribution in [1.82, 2.24) is 24.8 Å². The number of benzene rings is 1. The van der Waals surface area contributed by atoms with E-state index in [0.717, 1.165) is 30.2 Å².